The number of sulfonamides is 1. The minimum atomic E-state index is -3.41. The van der Waals surface area contributed by atoms with Crippen molar-refractivity contribution in [2.45, 2.75) is 33.1 Å². The van der Waals surface area contributed by atoms with E-state index in [2.05, 4.69) is 33.9 Å². The molecule has 0 bridgehead atoms. The van der Waals surface area contributed by atoms with Crippen molar-refractivity contribution in [3.8, 4) is 0 Å². The molecular formula is C21H24INO3S. The zero-order valence-corrected chi connectivity index (χ0v) is 18.8. The fourth-order valence-corrected chi connectivity index (χ4v) is 3.99. The molecule has 1 aliphatic rings. The Morgan fingerprint density at radius 3 is 2.41 bits per heavy atom. The van der Waals surface area contributed by atoms with Crippen LogP contribution in [0.2, 0.25) is 0 Å². The Morgan fingerprint density at radius 1 is 1.26 bits per heavy atom. The Kier molecular flexibility index (Phi) is 7.22. The van der Waals surface area contributed by atoms with E-state index in [1.54, 1.807) is 19.1 Å². The monoisotopic (exact) mass is 497 g/mol. The first kappa shape index (κ1) is 21.6. The normalized spacial score (nSPS) is 17.4. The van der Waals surface area contributed by atoms with E-state index in [9.17, 15) is 13.2 Å². The van der Waals surface area contributed by atoms with Crippen LogP contribution in [0.3, 0.4) is 0 Å². The van der Waals surface area contributed by atoms with E-state index in [0.29, 0.717) is 22.4 Å². The summed E-state index contributed by atoms with van der Waals surface area (Å²) in [5.74, 6) is -0.0508. The van der Waals surface area contributed by atoms with Crippen molar-refractivity contribution in [1.82, 2.24) is 4.72 Å². The molecule has 27 heavy (non-hydrogen) atoms. The smallest absolute Gasteiger partial charge is 0.229 e. The van der Waals surface area contributed by atoms with Crippen molar-refractivity contribution in [3.05, 3.63) is 80.1 Å². The predicted molar refractivity (Wildman–Crippen MR) is 119 cm³/mol. The van der Waals surface area contributed by atoms with Crippen molar-refractivity contribution in [2.24, 2.45) is 0 Å². The Bertz CT molecular complexity index is 952. The number of allylic oxidation sites excluding steroid dienone is 6. The Hall–Kier alpha value is -1.67. The van der Waals surface area contributed by atoms with E-state index in [1.807, 2.05) is 31.2 Å². The second kappa shape index (κ2) is 9.01. The summed E-state index contributed by atoms with van der Waals surface area (Å²) in [7, 11) is -3.41. The van der Waals surface area contributed by atoms with Gasteiger partial charge in [0.05, 0.1) is 6.26 Å². The SMILES string of the molecule is C=C1CCC(CC)=C(C(=O)c2ccc(I)cc2)/C1=C/C(=C\C)NS(C)(=O)=O. The molecule has 1 N–H and O–H groups in total. The maximum atomic E-state index is 13.3. The summed E-state index contributed by atoms with van der Waals surface area (Å²) in [5, 5.41) is 0. The highest BCUT2D eigenvalue weighted by atomic mass is 127. The van der Waals surface area contributed by atoms with Gasteiger partial charge in [-0.3, -0.25) is 9.52 Å². The number of nitrogens with one attached hydrogen (secondary N) is 1. The van der Waals surface area contributed by atoms with E-state index < -0.39 is 10.0 Å². The third-order valence-corrected chi connectivity index (χ3v) is 5.73. The largest absolute Gasteiger partial charge is 0.289 e. The number of halogens is 1. The highest BCUT2D eigenvalue weighted by Gasteiger charge is 2.26. The van der Waals surface area contributed by atoms with Gasteiger partial charge in [-0.1, -0.05) is 25.2 Å². The van der Waals surface area contributed by atoms with E-state index in [0.717, 1.165) is 40.2 Å². The second-order valence-corrected chi connectivity index (χ2v) is 9.44. The van der Waals surface area contributed by atoms with E-state index in [1.165, 1.54) is 0 Å². The predicted octanol–water partition coefficient (Wildman–Crippen LogP) is 4.91. The molecule has 0 spiro atoms. The first-order valence-electron chi connectivity index (χ1n) is 8.72. The zero-order chi connectivity index (χ0) is 20.2. The first-order chi connectivity index (χ1) is 12.7. The highest BCUT2D eigenvalue weighted by Crippen LogP contribution is 2.37. The summed E-state index contributed by atoms with van der Waals surface area (Å²) in [4.78, 5) is 13.3. The molecule has 0 saturated carbocycles. The van der Waals surface area contributed by atoms with Crippen LogP contribution < -0.4 is 4.72 Å². The molecule has 0 saturated heterocycles. The van der Waals surface area contributed by atoms with Gasteiger partial charge in [0.1, 0.15) is 0 Å². The van der Waals surface area contributed by atoms with Crippen molar-refractivity contribution in [2.75, 3.05) is 6.26 Å². The van der Waals surface area contributed by atoms with Gasteiger partial charge in [0.15, 0.2) is 5.78 Å². The van der Waals surface area contributed by atoms with Crippen LogP contribution >= 0.6 is 22.6 Å². The van der Waals surface area contributed by atoms with Crippen molar-refractivity contribution in [3.63, 3.8) is 0 Å². The number of ketones is 1. The average Bonchev–Trinajstić information content (AvgIpc) is 2.61. The van der Waals surface area contributed by atoms with Crippen molar-refractivity contribution >= 4 is 38.4 Å². The average molecular weight is 497 g/mol. The van der Waals surface area contributed by atoms with Gasteiger partial charge in [0.2, 0.25) is 10.0 Å². The summed E-state index contributed by atoms with van der Waals surface area (Å²) in [6.45, 7) is 7.91. The van der Waals surface area contributed by atoms with E-state index in [-0.39, 0.29) is 5.78 Å². The van der Waals surface area contributed by atoms with Gasteiger partial charge in [0, 0.05) is 20.4 Å². The molecule has 0 atom stereocenters. The van der Waals surface area contributed by atoms with Gasteiger partial charge in [-0.25, -0.2) is 8.42 Å². The van der Waals surface area contributed by atoms with Crippen LogP contribution in [0.4, 0.5) is 0 Å². The van der Waals surface area contributed by atoms with E-state index in [4.69, 9.17) is 0 Å². The van der Waals surface area contributed by atoms with Gasteiger partial charge in [-0.15, -0.1) is 0 Å². The lowest BCUT2D eigenvalue weighted by Crippen LogP contribution is -2.21. The molecule has 0 radical (unpaired) electrons. The number of Topliss-reactive ketones (excluding diaryl/α,β-unsaturated/α-hetero) is 1. The maximum Gasteiger partial charge on any atom is 0.229 e. The van der Waals surface area contributed by atoms with Crippen LogP contribution in [0.15, 0.2) is 71.0 Å². The van der Waals surface area contributed by atoms with Gasteiger partial charge in [-0.2, -0.15) is 0 Å². The summed E-state index contributed by atoms with van der Waals surface area (Å²) in [6, 6.07) is 7.46. The molecule has 0 fully saturated rings. The topological polar surface area (TPSA) is 63.2 Å². The summed E-state index contributed by atoms with van der Waals surface area (Å²) >= 11 is 2.21. The molecule has 1 aromatic rings. The van der Waals surface area contributed by atoms with Crippen LogP contribution in [0.5, 0.6) is 0 Å². The van der Waals surface area contributed by atoms with Crippen LogP contribution in [0.1, 0.15) is 43.5 Å². The van der Waals surface area contributed by atoms with E-state index >= 15 is 0 Å². The maximum absolute atomic E-state index is 13.3. The summed E-state index contributed by atoms with van der Waals surface area (Å²) in [6.07, 6.45) is 6.82. The highest BCUT2D eigenvalue weighted by molar-refractivity contribution is 14.1. The molecule has 1 aromatic carbocycles. The Balaban J connectivity index is 2.58. The molecule has 0 heterocycles. The van der Waals surface area contributed by atoms with Crippen LogP contribution in [-0.4, -0.2) is 20.5 Å². The third kappa shape index (κ3) is 5.65. The molecule has 0 amide bonds. The Morgan fingerprint density at radius 2 is 1.89 bits per heavy atom. The fraction of sp³-hybridized carbons (Fsp3) is 0.286. The van der Waals surface area contributed by atoms with Gasteiger partial charge in [-0.05, 0) is 90.3 Å². The molecule has 144 valence electrons. The van der Waals surface area contributed by atoms with Gasteiger partial charge >= 0.3 is 0 Å². The van der Waals surface area contributed by atoms with Crippen molar-refractivity contribution < 1.29 is 13.2 Å². The Labute approximate surface area is 175 Å². The standard InChI is InChI=1S/C21H24INO3S/c1-5-15-8-7-14(3)19(13-18(6-2)23-27(4,25)26)20(15)21(24)16-9-11-17(22)12-10-16/h6,9-13,23H,3,5,7-8H2,1-2,4H3/b18-6+,19-13+. The lowest BCUT2D eigenvalue weighted by atomic mass is 9.79. The minimum absolute atomic E-state index is 0.0508. The molecule has 0 aliphatic heterocycles. The third-order valence-electron chi connectivity index (χ3n) is 4.41. The fourth-order valence-electron chi connectivity index (χ4n) is 3.03. The summed E-state index contributed by atoms with van der Waals surface area (Å²) < 4.78 is 26.8. The van der Waals surface area contributed by atoms with Gasteiger partial charge in [0.25, 0.3) is 0 Å². The molecular weight excluding hydrogens is 473 g/mol. The number of rotatable bonds is 6. The molecule has 0 aromatic heterocycles. The number of benzene rings is 1. The number of carbonyl (C=O) groups is 1. The zero-order valence-electron chi connectivity index (χ0n) is 15.8. The first-order valence-corrected chi connectivity index (χ1v) is 11.7. The molecule has 0 unspecified atom stereocenters. The van der Waals surface area contributed by atoms with Crippen LogP contribution in [0.25, 0.3) is 0 Å². The minimum Gasteiger partial charge on any atom is -0.289 e. The quantitative estimate of drug-likeness (QED) is 0.449. The number of hydrogen-bond acceptors (Lipinski definition) is 3. The number of carbonyl (C=O) groups excluding carboxylic acids is 1. The lowest BCUT2D eigenvalue weighted by Gasteiger charge is -2.24. The lowest BCUT2D eigenvalue weighted by molar-refractivity contribution is 0.103. The van der Waals surface area contributed by atoms with Crippen molar-refractivity contribution in [1.29, 1.82) is 0 Å². The summed E-state index contributed by atoms with van der Waals surface area (Å²) in [5.41, 5.74) is 4.33. The molecule has 1 aliphatic carbocycles. The second-order valence-electron chi connectivity index (χ2n) is 6.45. The van der Waals surface area contributed by atoms with Crippen LogP contribution in [-0.2, 0) is 10.0 Å². The van der Waals surface area contributed by atoms with Crippen LogP contribution in [0, 0.1) is 3.57 Å². The van der Waals surface area contributed by atoms with Gasteiger partial charge < -0.3 is 0 Å². The molecule has 6 heteroatoms. The molecule has 2 rings (SSSR count). The number of hydrogen-bond donors (Lipinski definition) is 1. The molecule has 4 nitrogen and oxygen atoms in total.